The van der Waals surface area contributed by atoms with Gasteiger partial charge in [-0.25, -0.2) is 0 Å². The Morgan fingerprint density at radius 3 is 2.53 bits per heavy atom. The van der Waals surface area contributed by atoms with Crippen molar-refractivity contribution in [2.75, 3.05) is 19.6 Å². The molecule has 3 aromatic rings. The monoisotopic (exact) mass is 428 g/mol. The molecular formula is C27H32N4O. The van der Waals surface area contributed by atoms with Crippen LogP contribution in [0.3, 0.4) is 0 Å². The van der Waals surface area contributed by atoms with E-state index in [1.807, 2.05) is 42.9 Å². The maximum atomic E-state index is 13.4. The summed E-state index contributed by atoms with van der Waals surface area (Å²) in [5.41, 5.74) is 4.16. The third-order valence-corrected chi connectivity index (χ3v) is 6.30. The fraction of sp³-hybridized carbons (Fsp3) is 0.370. The molecule has 0 spiro atoms. The maximum Gasteiger partial charge on any atom is 0.227 e. The van der Waals surface area contributed by atoms with Crippen molar-refractivity contribution in [3.8, 4) is 11.1 Å². The Labute approximate surface area is 190 Å². The Balaban J connectivity index is 1.54. The van der Waals surface area contributed by atoms with Crippen LogP contribution in [0.2, 0.25) is 0 Å². The number of hydrogen-bond acceptors (Lipinski definition) is 4. The number of piperidine rings is 1. The molecule has 1 aromatic carbocycles. The highest BCUT2D eigenvalue weighted by Crippen LogP contribution is 2.35. The van der Waals surface area contributed by atoms with Gasteiger partial charge < -0.3 is 5.32 Å². The van der Waals surface area contributed by atoms with Crippen LogP contribution in [0.25, 0.3) is 11.1 Å². The van der Waals surface area contributed by atoms with Gasteiger partial charge in [0.2, 0.25) is 5.91 Å². The molecule has 32 heavy (non-hydrogen) atoms. The normalized spacial score (nSPS) is 18.9. The van der Waals surface area contributed by atoms with Crippen LogP contribution in [0.15, 0.2) is 73.2 Å². The first-order valence-electron chi connectivity index (χ1n) is 11.6. The van der Waals surface area contributed by atoms with Gasteiger partial charge in [-0.1, -0.05) is 37.3 Å². The Bertz CT molecular complexity index is 991. The molecule has 1 saturated heterocycles. The van der Waals surface area contributed by atoms with Gasteiger partial charge in [0.05, 0.1) is 11.1 Å². The number of likely N-dealkylation sites (tertiary alicyclic amines) is 1. The van der Waals surface area contributed by atoms with Crippen molar-refractivity contribution < 1.29 is 4.79 Å². The molecule has 0 saturated carbocycles. The minimum Gasteiger partial charge on any atom is -0.356 e. The van der Waals surface area contributed by atoms with Gasteiger partial charge in [-0.15, -0.1) is 0 Å². The van der Waals surface area contributed by atoms with E-state index in [1.165, 1.54) is 11.1 Å². The molecule has 5 heteroatoms. The Morgan fingerprint density at radius 1 is 1.03 bits per heavy atom. The van der Waals surface area contributed by atoms with Crippen molar-refractivity contribution in [3.05, 3.63) is 84.4 Å². The lowest BCUT2D eigenvalue weighted by Crippen LogP contribution is -2.53. The number of carbonyl (C=O) groups is 1. The number of rotatable bonds is 8. The molecule has 2 aromatic heterocycles. The summed E-state index contributed by atoms with van der Waals surface area (Å²) in [6, 6.07) is 18.7. The van der Waals surface area contributed by atoms with E-state index >= 15 is 0 Å². The molecule has 1 fully saturated rings. The zero-order valence-corrected chi connectivity index (χ0v) is 18.8. The molecule has 1 aliphatic heterocycles. The Morgan fingerprint density at radius 2 is 1.81 bits per heavy atom. The average molecular weight is 429 g/mol. The number of pyridine rings is 2. The van der Waals surface area contributed by atoms with Crippen LogP contribution in [0.4, 0.5) is 0 Å². The van der Waals surface area contributed by atoms with Gasteiger partial charge in [0, 0.05) is 38.2 Å². The minimum atomic E-state index is -0.416. The molecule has 1 amide bonds. The van der Waals surface area contributed by atoms with Crippen LogP contribution in [0, 0.1) is 5.41 Å². The van der Waals surface area contributed by atoms with E-state index in [0.29, 0.717) is 0 Å². The third-order valence-electron chi connectivity index (χ3n) is 6.30. The van der Waals surface area contributed by atoms with Gasteiger partial charge in [0.25, 0.3) is 0 Å². The van der Waals surface area contributed by atoms with E-state index in [2.05, 4.69) is 57.4 Å². The number of benzene rings is 1. The van der Waals surface area contributed by atoms with Crippen LogP contribution in [-0.4, -0.2) is 40.4 Å². The SMILES string of the molecule is CCCNC(=O)C1(Cc2ccc(-c3ccncc3)cc2)CCCN(Cc2ccccn2)C1. The predicted molar refractivity (Wildman–Crippen MR) is 128 cm³/mol. The second-order valence-corrected chi connectivity index (χ2v) is 8.78. The lowest BCUT2D eigenvalue weighted by Gasteiger charge is -2.42. The van der Waals surface area contributed by atoms with Crippen molar-refractivity contribution in [3.63, 3.8) is 0 Å². The standard InChI is InChI=1S/C27H32N4O/c1-2-14-30-26(32)27(13-5-18-31(21-27)20-25-6-3-4-15-29-25)19-22-7-9-23(10-8-22)24-11-16-28-17-12-24/h3-4,6-12,15-17H,2,5,13-14,18-21H2,1H3,(H,30,32). The highest BCUT2D eigenvalue weighted by Gasteiger charge is 2.42. The van der Waals surface area contributed by atoms with Crippen molar-refractivity contribution >= 4 is 5.91 Å². The molecule has 3 heterocycles. The second kappa shape index (κ2) is 10.5. The molecule has 0 bridgehead atoms. The summed E-state index contributed by atoms with van der Waals surface area (Å²) in [6.07, 6.45) is 9.08. The average Bonchev–Trinajstić information content (AvgIpc) is 2.84. The smallest absolute Gasteiger partial charge is 0.227 e. The Hall–Kier alpha value is -3.05. The number of nitrogens with zero attached hydrogens (tertiary/aromatic N) is 3. The summed E-state index contributed by atoms with van der Waals surface area (Å²) in [6.45, 7) is 5.36. The maximum absolute atomic E-state index is 13.4. The van der Waals surface area contributed by atoms with Crippen LogP contribution in [0.1, 0.15) is 37.4 Å². The number of hydrogen-bond donors (Lipinski definition) is 1. The van der Waals surface area contributed by atoms with Gasteiger partial charge >= 0.3 is 0 Å². The topological polar surface area (TPSA) is 58.1 Å². The minimum absolute atomic E-state index is 0.184. The lowest BCUT2D eigenvalue weighted by atomic mass is 9.74. The van der Waals surface area contributed by atoms with Gasteiger partial charge in [-0.2, -0.15) is 0 Å². The molecule has 4 rings (SSSR count). The zero-order valence-electron chi connectivity index (χ0n) is 18.8. The second-order valence-electron chi connectivity index (χ2n) is 8.78. The summed E-state index contributed by atoms with van der Waals surface area (Å²) in [7, 11) is 0. The van der Waals surface area contributed by atoms with Gasteiger partial charge in [-0.3, -0.25) is 19.7 Å². The highest BCUT2D eigenvalue weighted by molar-refractivity contribution is 5.83. The molecule has 5 nitrogen and oxygen atoms in total. The number of nitrogens with one attached hydrogen (secondary N) is 1. The van der Waals surface area contributed by atoms with Crippen molar-refractivity contribution in [1.29, 1.82) is 0 Å². The van der Waals surface area contributed by atoms with Crippen LogP contribution in [-0.2, 0) is 17.8 Å². The van der Waals surface area contributed by atoms with E-state index < -0.39 is 5.41 Å². The van der Waals surface area contributed by atoms with Gasteiger partial charge in [-0.05, 0) is 73.2 Å². The summed E-state index contributed by atoms with van der Waals surface area (Å²) >= 11 is 0. The van der Waals surface area contributed by atoms with Crippen LogP contribution < -0.4 is 5.32 Å². The number of amides is 1. The summed E-state index contributed by atoms with van der Waals surface area (Å²) < 4.78 is 0. The quantitative estimate of drug-likeness (QED) is 0.574. The first kappa shape index (κ1) is 22.2. The van der Waals surface area contributed by atoms with E-state index in [-0.39, 0.29) is 5.91 Å². The van der Waals surface area contributed by atoms with Gasteiger partial charge in [0.1, 0.15) is 0 Å². The number of aromatic nitrogens is 2. The van der Waals surface area contributed by atoms with E-state index in [1.54, 1.807) is 0 Å². The fourth-order valence-corrected chi connectivity index (χ4v) is 4.67. The first-order chi connectivity index (χ1) is 15.7. The Kier molecular flexibility index (Phi) is 7.28. The van der Waals surface area contributed by atoms with E-state index in [4.69, 9.17) is 0 Å². The van der Waals surface area contributed by atoms with Crippen LogP contribution in [0.5, 0.6) is 0 Å². The van der Waals surface area contributed by atoms with E-state index in [0.717, 1.165) is 63.1 Å². The summed E-state index contributed by atoms with van der Waals surface area (Å²) in [4.78, 5) is 24.4. The van der Waals surface area contributed by atoms with E-state index in [9.17, 15) is 4.79 Å². The van der Waals surface area contributed by atoms with Crippen molar-refractivity contribution in [2.45, 2.75) is 39.2 Å². The summed E-state index contributed by atoms with van der Waals surface area (Å²) in [5.74, 6) is 0.184. The fourth-order valence-electron chi connectivity index (χ4n) is 4.67. The lowest BCUT2D eigenvalue weighted by molar-refractivity contribution is -0.134. The van der Waals surface area contributed by atoms with Crippen molar-refractivity contribution in [2.24, 2.45) is 5.41 Å². The molecule has 1 aliphatic rings. The molecule has 0 aliphatic carbocycles. The van der Waals surface area contributed by atoms with Crippen molar-refractivity contribution in [1.82, 2.24) is 20.2 Å². The first-order valence-corrected chi connectivity index (χ1v) is 11.6. The highest BCUT2D eigenvalue weighted by atomic mass is 16.2. The third kappa shape index (κ3) is 5.40. The molecular weight excluding hydrogens is 396 g/mol. The molecule has 1 atom stereocenters. The summed E-state index contributed by atoms with van der Waals surface area (Å²) in [5, 5.41) is 3.20. The van der Waals surface area contributed by atoms with Gasteiger partial charge in [0.15, 0.2) is 0 Å². The largest absolute Gasteiger partial charge is 0.356 e. The molecule has 166 valence electrons. The number of carbonyl (C=O) groups excluding carboxylic acids is 1. The molecule has 1 N–H and O–H groups in total. The molecule has 0 radical (unpaired) electrons. The predicted octanol–water partition coefficient (Wildman–Crippen LogP) is 4.49. The van der Waals surface area contributed by atoms with Crippen LogP contribution >= 0.6 is 0 Å². The zero-order chi connectivity index (χ0) is 22.2. The molecule has 1 unspecified atom stereocenters.